The van der Waals surface area contributed by atoms with Crippen LogP contribution in [0.5, 0.6) is 5.75 Å². The molecule has 0 spiro atoms. The molecule has 0 saturated heterocycles. The lowest BCUT2D eigenvalue weighted by Crippen LogP contribution is -2.03. The van der Waals surface area contributed by atoms with Gasteiger partial charge < -0.3 is 9.67 Å². The molecule has 0 aliphatic carbocycles. The summed E-state index contributed by atoms with van der Waals surface area (Å²) in [4.78, 5) is 4.49. The number of rotatable bonds is 2. The van der Waals surface area contributed by atoms with Crippen molar-refractivity contribution >= 4 is 11.0 Å². The van der Waals surface area contributed by atoms with Crippen molar-refractivity contribution in [1.29, 1.82) is 0 Å². The van der Waals surface area contributed by atoms with Gasteiger partial charge in [0.25, 0.3) is 0 Å². The van der Waals surface area contributed by atoms with E-state index in [0.29, 0.717) is 16.9 Å². The summed E-state index contributed by atoms with van der Waals surface area (Å²) in [5, 5.41) is 10.0. The average Bonchev–Trinajstić information content (AvgIpc) is 2.77. The maximum atomic E-state index is 13.4. The molecule has 3 aromatic rings. The summed E-state index contributed by atoms with van der Waals surface area (Å²) in [7, 11) is 0. The van der Waals surface area contributed by atoms with Crippen molar-refractivity contribution in [3.8, 4) is 17.1 Å². The number of fused-ring (bicyclic) bond motifs is 1. The van der Waals surface area contributed by atoms with Crippen molar-refractivity contribution in [2.75, 3.05) is 0 Å². The first-order valence-corrected chi connectivity index (χ1v) is 6.54. The molecule has 20 heavy (non-hydrogen) atoms. The Hall–Kier alpha value is -2.36. The molecule has 0 aliphatic rings. The fourth-order valence-corrected chi connectivity index (χ4v) is 2.45. The zero-order valence-electron chi connectivity index (χ0n) is 11.3. The number of hydrogen-bond donors (Lipinski definition) is 1. The van der Waals surface area contributed by atoms with E-state index in [9.17, 15) is 9.50 Å². The third-order valence-electron chi connectivity index (χ3n) is 3.31. The van der Waals surface area contributed by atoms with Crippen LogP contribution in [0.1, 0.15) is 19.9 Å². The normalized spacial score (nSPS) is 11.4. The SMILES string of the molecule is CC(C)n1c(-c2ccccc2O)nc2cc(F)ccc21. The first kappa shape index (κ1) is 12.7. The lowest BCUT2D eigenvalue weighted by Gasteiger charge is -2.13. The Kier molecular flexibility index (Phi) is 2.93. The number of halogens is 1. The van der Waals surface area contributed by atoms with Crippen molar-refractivity contribution < 1.29 is 9.50 Å². The topological polar surface area (TPSA) is 38.0 Å². The van der Waals surface area contributed by atoms with Gasteiger partial charge in [-0.15, -0.1) is 0 Å². The molecule has 0 unspecified atom stereocenters. The van der Waals surface area contributed by atoms with Crippen molar-refractivity contribution in [2.24, 2.45) is 0 Å². The van der Waals surface area contributed by atoms with Gasteiger partial charge in [0, 0.05) is 12.1 Å². The summed E-state index contributed by atoms with van der Waals surface area (Å²) < 4.78 is 15.4. The molecule has 0 aliphatic heterocycles. The lowest BCUT2D eigenvalue weighted by molar-refractivity contribution is 0.476. The fourth-order valence-electron chi connectivity index (χ4n) is 2.45. The maximum Gasteiger partial charge on any atom is 0.145 e. The number of imidazole rings is 1. The number of nitrogens with zero attached hydrogens (tertiary/aromatic N) is 2. The number of para-hydroxylation sites is 1. The quantitative estimate of drug-likeness (QED) is 0.760. The van der Waals surface area contributed by atoms with E-state index < -0.39 is 0 Å². The first-order valence-electron chi connectivity index (χ1n) is 6.54. The van der Waals surface area contributed by atoms with E-state index in [1.807, 2.05) is 30.5 Å². The average molecular weight is 270 g/mol. The van der Waals surface area contributed by atoms with Gasteiger partial charge in [-0.05, 0) is 38.1 Å². The minimum atomic E-state index is -0.310. The third-order valence-corrected chi connectivity index (χ3v) is 3.31. The summed E-state index contributed by atoms with van der Waals surface area (Å²) in [5.41, 5.74) is 2.11. The molecule has 1 heterocycles. The highest BCUT2D eigenvalue weighted by Gasteiger charge is 2.17. The number of benzene rings is 2. The van der Waals surface area contributed by atoms with Gasteiger partial charge in [0.1, 0.15) is 17.4 Å². The standard InChI is InChI=1S/C16H15FN2O/c1-10(2)19-14-8-7-11(17)9-13(14)18-16(19)12-5-3-4-6-15(12)20/h3-10,20H,1-2H3. The Morgan fingerprint density at radius 1 is 1.15 bits per heavy atom. The highest BCUT2D eigenvalue weighted by Crippen LogP contribution is 2.33. The van der Waals surface area contributed by atoms with E-state index in [2.05, 4.69) is 4.98 Å². The summed E-state index contributed by atoms with van der Waals surface area (Å²) >= 11 is 0. The van der Waals surface area contributed by atoms with Crippen molar-refractivity contribution in [1.82, 2.24) is 9.55 Å². The zero-order chi connectivity index (χ0) is 14.3. The molecule has 2 aromatic carbocycles. The van der Waals surface area contributed by atoms with Crippen LogP contribution in [0.25, 0.3) is 22.4 Å². The Morgan fingerprint density at radius 2 is 1.90 bits per heavy atom. The van der Waals surface area contributed by atoms with Crippen LogP contribution in [-0.2, 0) is 0 Å². The van der Waals surface area contributed by atoms with Gasteiger partial charge in [-0.3, -0.25) is 0 Å². The summed E-state index contributed by atoms with van der Waals surface area (Å²) in [6.45, 7) is 4.07. The van der Waals surface area contributed by atoms with Gasteiger partial charge in [-0.25, -0.2) is 9.37 Å². The van der Waals surface area contributed by atoms with E-state index in [1.165, 1.54) is 12.1 Å². The summed E-state index contributed by atoms with van der Waals surface area (Å²) in [6, 6.07) is 11.8. The number of aromatic nitrogens is 2. The van der Waals surface area contributed by atoms with Crippen LogP contribution < -0.4 is 0 Å². The molecule has 3 rings (SSSR count). The molecule has 0 saturated carbocycles. The number of phenolic OH excluding ortho intramolecular Hbond substituents is 1. The molecule has 4 heteroatoms. The van der Waals surface area contributed by atoms with E-state index in [0.717, 1.165) is 5.52 Å². The maximum absolute atomic E-state index is 13.4. The second-order valence-corrected chi connectivity index (χ2v) is 5.05. The summed E-state index contributed by atoms with van der Waals surface area (Å²) in [5.74, 6) is 0.513. The minimum absolute atomic E-state index is 0.153. The number of aromatic hydroxyl groups is 1. The Balaban J connectivity index is 2.35. The predicted molar refractivity (Wildman–Crippen MR) is 77.2 cm³/mol. The van der Waals surface area contributed by atoms with Crippen LogP contribution >= 0.6 is 0 Å². The van der Waals surface area contributed by atoms with Crippen molar-refractivity contribution in [3.05, 3.63) is 48.3 Å². The molecule has 102 valence electrons. The summed E-state index contributed by atoms with van der Waals surface area (Å²) in [6.07, 6.45) is 0. The Bertz CT molecular complexity index is 777. The highest BCUT2D eigenvalue weighted by atomic mass is 19.1. The molecule has 0 fully saturated rings. The van der Waals surface area contributed by atoms with E-state index in [1.54, 1.807) is 18.2 Å². The van der Waals surface area contributed by atoms with Gasteiger partial charge in [-0.2, -0.15) is 0 Å². The minimum Gasteiger partial charge on any atom is -0.507 e. The van der Waals surface area contributed by atoms with Crippen LogP contribution in [0.15, 0.2) is 42.5 Å². The zero-order valence-corrected chi connectivity index (χ0v) is 11.3. The monoisotopic (exact) mass is 270 g/mol. The van der Waals surface area contributed by atoms with Crippen molar-refractivity contribution in [3.63, 3.8) is 0 Å². The molecule has 0 bridgehead atoms. The van der Waals surface area contributed by atoms with Crippen LogP contribution in [0.3, 0.4) is 0 Å². The largest absolute Gasteiger partial charge is 0.507 e. The number of phenols is 1. The van der Waals surface area contributed by atoms with Crippen LogP contribution in [0.4, 0.5) is 4.39 Å². The number of hydrogen-bond acceptors (Lipinski definition) is 2. The fraction of sp³-hybridized carbons (Fsp3) is 0.188. The van der Waals surface area contributed by atoms with Gasteiger partial charge in [0.2, 0.25) is 0 Å². The third kappa shape index (κ3) is 1.93. The molecular formula is C16H15FN2O. The first-order chi connectivity index (χ1) is 9.58. The van der Waals surface area contributed by atoms with Gasteiger partial charge in [0.05, 0.1) is 16.6 Å². The Morgan fingerprint density at radius 3 is 2.60 bits per heavy atom. The lowest BCUT2D eigenvalue weighted by atomic mass is 10.2. The van der Waals surface area contributed by atoms with Gasteiger partial charge in [-0.1, -0.05) is 12.1 Å². The van der Waals surface area contributed by atoms with Crippen LogP contribution in [0.2, 0.25) is 0 Å². The molecule has 1 N–H and O–H groups in total. The predicted octanol–water partition coefficient (Wildman–Crippen LogP) is 4.13. The van der Waals surface area contributed by atoms with Crippen LogP contribution in [-0.4, -0.2) is 14.7 Å². The van der Waals surface area contributed by atoms with E-state index >= 15 is 0 Å². The molecular weight excluding hydrogens is 255 g/mol. The highest BCUT2D eigenvalue weighted by molar-refractivity contribution is 5.82. The van der Waals surface area contributed by atoms with Crippen LogP contribution in [0, 0.1) is 5.82 Å². The molecule has 3 nitrogen and oxygen atoms in total. The van der Waals surface area contributed by atoms with E-state index in [4.69, 9.17) is 0 Å². The molecule has 1 aromatic heterocycles. The van der Waals surface area contributed by atoms with Gasteiger partial charge in [0.15, 0.2) is 0 Å². The molecule has 0 atom stereocenters. The second kappa shape index (κ2) is 4.63. The molecule has 0 radical (unpaired) electrons. The smallest absolute Gasteiger partial charge is 0.145 e. The second-order valence-electron chi connectivity index (χ2n) is 5.05. The molecule has 0 amide bonds. The van der Waals surface area contributed by atoms with E-state index in [-0.39, 0.29) is 17.6 Å². The van der Waals surface area contributed by atoms with Gasteiger partial charge >= 0.3 is 0 Å². The Labute approximate surface area is 116 Å². The van der Waals surface area contributed by atoms with Crippen molar-refractivity contribution in [2.45, 2.75) is 19.9 Å².